The van der Waals surface area contributed by atoms with Crippen molar-refractivity contribution in [2.75, 3.05) is 7.05 Å². The fourth-order valence-electron chi connectivity index (χ4n) is 1.28. The zero-order valence-electron chi connectivity index (χ0n) is 8.16. The molecule has 0 fully saturated rings. The Kier molecular flexibility index (Phi) is 2.43. The molecule has 3 N–H and O–H groups in total. The van der Waals surface area contributed by atoms with Crippen LogP contribution in [0.2, 0.25) is 0 Å². The van der Waals surface area contributed by atoms with E-state index in [4.69, 9.17) is 5.84 Å². The van der Waals surface area contributed by atoms with E-state index in [1.807, 2.05) is 19.9 Å². The first kappa shape index (κ1) is 9.80. The topological polar surface area (TPSA) is 62.1 Å². The predicted octanol–water partition coefficient (Wildman–Crippen LogP) is 0.624. The summed E-state index contributed by atoms with van der Waals surface area (Å²) in [6.07, 6.45) is 3.60. The number of hydrogen-bond donors (Lipinski definition) is 2. The van der Waals surface area contributed by atoms with Crippen LogP contribution in [0.4, 0.5) is 0 Å². The number of rotatable bonds is 2. The maximum atomic E-state index is 11.6. The molecule has 4 nitrogen and oxygen atoms in total. The first-order chi connectivity index (χ1) is 5.96. The van der Waals surface area contributed by atoms with Crippen LogP contribution in [0.1, 0.15) is 19.4 Å². The third kappa shape index (κ3) is 1.72. The van der Waals surface area contributed by atoms with E-state index in [2.05, 4.69) is 4.98 Å². The van der Waals surface area contributed by atoms with Crippen molar-refractivity contribution in [2.45, 2.75) is 19.3 Å². The van der Waals surface area contributed by atoms with Crippen molar-refractivity contribution in [1.82, 2.24) is 9.99 Å². The molecule has 0 aliphatic rings. The zero-order valence-corrected chi connectivity index (χ0v) is 8.16. The van der Waals surface area contributed by atoms with Gasteiger partial charge in [-0.1, -0.05) is 0 Å². The summed E-state index contributed by atoms with van der Waals surface area (Å²) in [5.41, 5.74) is 0.374. The van der Waals surface area contributed by atoms with Gasteiger partial charge in [0.25, 0.3) is 0 Å². The maximum absolute atomic E-state index is 11.6. The smallest absolute Gasteiger partial charge is 0.246 e. The highest BCUT2D eigenvalue weighted by atomic mass is 16.2. The molecule has 72 valence electrons. The van der Waals surface area contributed by atoms with Gasteiger partial charge in [0.05, 0.1) is 5.41 Å². The number of carbonyl (C=O) groups is 1. The molecule has 0 spiro atoms. The molecule has 4 heteroatoms. The van der Waals surface area contributed by atoms with Crippen LogP contribution in [0.25, 0.3) is 0 Å². The monoisotopic (exact) mass is 181 g/mol. The maximum Gasteiger partial charge on any atom is 0.246 e. The van der Waals surface area contributed by atoms with Gasteiger partial charge in [-0.25, -0.2) is 5.84 Å². The van der Waals surface area contributed by atoms with Crippen molar-refractivity contribution in [1.29, 1.82) is 0 Å². The minimum absolute atomic E-state index is 0.105. The van der Waals surface area contributed by atoms with E-state index < -0.39 is 5.41 Å². The summed E-state index contributed by atoms with van der Waals surface area (Å²) < 4.78 is 0. The summed E-state index contributed by atoms with van der Waals surface area (Å²) in [5, 5.41) is 1.12. The van der Waals surface area contributed by atoms with Crippen LogP contribution in [-0.2, 0) is 10.2 Å². The fourth-order valence-corrected chi connectivity index (χ4v) is 1.28. The molecule has 1 heterocycles. The highest BCUT2D eigenvalue weighted by molar-refractivity contribution is 5.86. The quantitative estimate of drug-likeness (QED) is 0.399. The van der Waals surface area contributed by atoms with Crippen LogP contribution in [0.3, 0.4) is 0 Å². The minimum atomic E-state index is -0.566. The molecular formula is C9H15N3O. The lowest BCUT2D eigenvalue weighted by atomic mass is 9.85. The van der Waals surface area contributed by atoms with E-state index in [0.29, 0.717) is 0 Å². The molecule has 0 aliphatic heterocycles. The number of hydrogen-bond acceptors (Lipinski definition) is 2. The number of nitrogens with zero attached hydrogens (tertiary/aromatic N) is 1. The normalized spacial score (nSPS) is 11.4. The summed E-state index contributed by atoms with van der Waals surface area (Å²) in [7, 11) is 1.55. The Balaban J connectivity index is 2.95. The molecule has 0 saturated heterocycles. The van der Waals surface area contributed by atoms with Gasteiger partial charge < -0.3 is 4.98 Å². The number of amides is 1. The average molecular weight is 181 g/mol. The summed E-state index contributed by atoms with van der Waals surface area (Å²) >= 11 is 0. The third-order valence-electron chi connectivity index (χ3n) is 2.17. The predicted molar refractivity (Wildman–Crippen MR) is 50.8 cm³/mol. The Morgan fingerprint density at radius 2 is 2.23 bits per heavy atom. The van der Waals surface area contributed by atoms with Gasteiger partial charge in [-0.05, 0) is 25.5 Å². The minimum Gasteiger partial charge on any atom is -0.367 e. The number of aromatic nitrogens is 1. The molecule has 0 aliphatic carbocycles. The lowest BCUT2D eigenvalue weighted by Crippen LogP contribution is -2.44. The summed E-state index contributed by atoms with van der Waals surface area (Å²) in [4.78, 5) is 14.6. The van der Waals surface area contributed by atoms with Crippen molar-refractivity contribution in [2.24, 2.45) is 5.84 Å². The van der Waals surface area contributed by atoms with E-state index in [9.17, 15) is 4.79 Å². The van der Waals surface area contributed by atoms with Gasteiger partial charge in [-0.2, -0.15) is 0 Å². The van der Waals surface area contributed by atoms with Crippen molar-refractivity contribution in [3.05, 3.63) is 24.0 Å². The van der Waals surface area contributed by atoms with E-state index >= 15 is 0 Å². The summed E-state index contributed by atoms with van der Waals surface area (Å²) in [6, 6.07) is 1.88. The molecular weight excluding hydrogens is 166 g/mol. The standard InChI is InChI=1S/C9H15N3O/c1-9(2,8(13)12(3)10)7-4-5-11-6-7/h4-6,11H,10H2,1-3H3. The molecule has 13 heavy (non-hydrogen) atoms. The SMILES string of the molecule is CN(N)C(=O)C(C)(C)c1cc[nH]c1. The van der Waals surface area contributed by atoms with Crippen molar-refractivity contribution >= 4 is 5.91 Å². The van der Waals surface area contributed by atoms with E-state index in [-0.39, 0.29) is 5.91 Å². The summed E-state index contributed by atoms with van der Waals surface area (Å²) in [5.74, 6) is 5.30. The van der Waals surface area contributed by atoms with Gasteiger partial charge in [0.15, 0.2) is 0 Å². The van der Waals surface area contributed by atoms with Gasteiger partial charge in [0.2, 0.25) is 5.91 Å². The largest absolute Gasteiger partial charge is 0.367 e. The van der Waals surface area contributed by atoms with Gasteiger partial charge in [0.1, 0.15) is 0 Å². The lowest BCUT2D eigenvalue weighted by Gasteiger charge is -2.25. The number of likely N-dealkylation sites (N-methyl/N-ethyl adjacent to an activating group) is 1. The highest BCUT2D eigenvalue weighted by Gasteiger charge is 2.31. The Morgan fingerprint density at radius 3 is 2.62 bits per heavy atom. The van der Waals surface area contributed by atoms with Gasteiger partial charge >= 0.3 is 0 Å². The number of aromatic amines is 1. The second kappa shape index (κ2) is 3.22. The number of H-pyrrole nitrogens is 1. The Bertz CT molecular complexity index is 288. The average Bonchev–Trinajstić information content (AvgIpc) is 2.54. The molecule has 1 rings (SSSR count). The van der Waals surface area contributed by atoms with Crippen molar-refractivity contribution in [3.8, 4) is 0 Å². The fraction of sp³-hybridized carbons (Fsp3) is 0.444. The van der Waals surface area contributed by atoms with Crippen molar-refractivity contribution < 1.29 is 4.79 Å². The van der Waals surface area contributed by atoms with Crippen LogP contribution in [0.5, 0.6) is 0 Å². The molecule has 0 aromatic carbocycles. The molecule has 1 aromatic rings. The van der Waals surface area contributed by atoms with Crippen LogP contribution in [0.15, 0.2) is 18.5 Å². The van der Waals surface area contributed by atoms with Crippen LogP contribution in [0, 0.1) is 0 Å². The second-order valence-electron chi connectivity index (χ2n) is 3.64. The molecule has 0 unspecified atom stereocenters. The molecule has 1 aromatic heterocycles. The van der Waals surface area contributed by atoms with E-state index in [1.54, 1.807) is 19.4 Å². The zero-order chi connectivity index (χ0) is 10.1. The van der Waals surface area contributed by atoms with Gasteiger partial charge in [0, 0.05) is 19.4 Å². The number of carbonyl (C=O) groups excluding carboxylic acids is 1. The van der Waals surface area contributed by atoms with Crippen LogP contribution >= 0.6 is 0 Å². The molecule has 0 saturated carbocycles. The Morgan fingerprint density at radius 1 is 1.62 bits per heavy atom. The molecule has 0 bridgehead atoms. The number of nitrogens with one attached hydrogen (secondary N) is 1. The third-order valence-corrected chi connectivity index (χ3v) is 2.17. The van der Waals surface area contributed by atoms with E-state index in [0.717, 1.165) is 10.6 Å². The Labute approximate surface area is 77.7 Å². The molecule has 0 radical (unpaired) electrons. The van der Waals surface area contributed by atoms with Gasteiger partial charge in [-0.3, -0.25) is 9.80 Å². The lowest BCUT2D eigenvalue weighted by molar-refractivity contribution is -0.135. The number of nitrogens with two attached hydrogens (primary N) is 1. The van der Waals surface area contributed by atoms with Crippen LogP contribution < -0.4 is 5.84 Å². The second-order valence-corrected chi connectivity index (χ2v) is 3.64. The van der Waals surface area contributed by atoms with Crippen molar-refractivity contribution in [3.63, 3.8) is 0 Å². The highest BCUT2D eigenvalue weighted by Crippen LogP contribution is 2.23. The Hall–Kier alpha value is -1.29. The molecule has 0 atom stereocenters. The first-order valence-corrected chi connectivity index (χ1v) is 4.12. The first-order valence-electron chi connectivity index (χ1n) is 4.12. The van der Waals surface area contributed by atoms with Crippen LogP contribution in [-0.4, -0.2) is 22.9 Å². The summed E-state index contributed by atoms with van der Waals surface area (Å²) in [6.45, 7) is 3.70. The van der Waals surface area contributed by atoms with E-state index in [1.165, 1.54) is 0 Å². The molecule has 1 amide bonds. The van der Waals surface area contributed by atoms with Gasteiger partial charge in [-0.15, -0.1) is 0 Å². The number of hydrazine groups is 1.